The van der Waals surface area contributed by atoms with Crippen LogP contribution < -0.4 is 5.73 Å². The van der Waals surface area contributed by atoms with Gasteiger partial charge in [0.2, 0.25) is 11.9 Å². The number of benzene rings is 1. The molecule has 4 aromatic rings. The number of rotatable bonds is 4. The molecular formula is C23H18ClF2N9O. The molecule has 2 aliphatic heterocycles. The molecule has 0 spiro atoms. The Morgan fingerprint density at radius 1 is 1.17 bits per heavy atom. The Morgan fingerprint density at radius 3 is 2.81 bits per heavy atom. The number of fused-ring (bicyclic) bond motifs is 1. The van der Waals surface area contributed by atoms with Gasteiger partial charge in [-0.05, 0) is 59.5 Å². The van der Waals surface area contributed by atoms with E-state index < -0.39 is 11.8 Å². The van der Waals surface area contributed by atoms with Crippen LogP contribution in [0.3, 0.4) is 0 Å². The van der Waals surface area contributed by atoms with Gasteiger partial charge in [0.1, 0.15) is 18.0 Å². The second-order valence-electron chi connectivity index (χ2n) is 8.63. The summed E-state index contributed by atoms with van der Waals surface area (Å²) in [6.45, 7) is 0. The summed E-state index contributed by atoms with van der Waals surface area (Å²) in [6, 6.07) is 5.56. The molecule has 1 amide bonds. The number of H-pyrrole nitrogens is 1. The molecule has 2 atom stereocenters. The van der Waals surface area contributed by atoms with Crippen molar-refractivity contribution in [2.24, 2.45) is 0 Å². The van der Waals surface area contributed by atoms with Crippen molar-refractivity contribution in [1.29, 1.82) is 0 Å². The summed E-state index contributed by atoms with van der Waals surface area (Å²) in [4.78, 5) is 26.3. The van der Waals surface area contributed by atoms with Crippen LogP contribution in [-0.2, 0) is 4.79 Å². The number of amides is 1. The number of nitrogens with zero attached hydrogens (tertiary/aromatic N) is 7. The molecule has 0 aliphatic carbocycles. The first-order valence-corrected chi connectivity index (χ1v) is 11.5. The van der Waals surface area contributed by atoms with E-state index in [4.69, 9.17) is 17.3 Å². The fourth-order valence-corrected chi connectivity index (χ4v) is 5.15. The highest BCUT2D eigenvalue weighted by molar-refractivity contribution is 6.31. The van der Waals surface area contributed by atoms with Crippen LogP contribution in [0.4, 0.5) is 14.6 Å². The van der Waals surface area contributed by atoms with Gasteiger partial charge in [0, 0.05) is 17.7 Å². The summed E-state index contributed by atoms with van der Waals surface area (Å²) in [7, 11) is 0. The van der Waals surface area contributed by atoms with E-state index in [0.717, 1.165) is 0 Å². The number of carbonyl (C=O) groups excluding carboxylic acids is 1. The molecular weight excluding hydrogens is 492 g/mol. The third kappa shape index (κ3) is 3.61. The number of tetrazole rings is 1. The molecule has 3 aromatic heterocycles. The fourth-order valence-electron chi connectivity index (χ4n) is 5.00. The molecule has 2 aliphatic rings. The number of aromatic amines is 1. The van der Waals surface area contributed by atoms with Gasteiger partial charge in [0.05, 0.1) is 34.2 Å². The maximum Gasteiger partial charge on any atom is 0.247 e. The maximum atomic E-state index is 15.2. The van der Waals surface area contributed by atoms with E-state index in [-0.39, 0.29) is 40.0 Å². The van der Waals surface area contributed by atoms with E-state index in [2.05, 4.69) is 30.5 Å². The highest BCUT2D eigenvalue weighted by atomic mass is 35.5. The minimum atomic E-state index is -0.710. The largest absolute Gasteiger partial charge is 0.384 e. The quantitative estimate of drug-likeness (QED) is 0.402. The molecule has 13 heteroatoms. The Kier molecular flexibility index (Phi) is 5.25. The van der Waals surface area contributed by atoms with Gasteiger partial charge in [-0.15, -0.1) is 5.10 Å². The van der Waals surface area contributed by atoms with Gasteiger partial charge in [-0.1, -0.05) is 11.6 Å². The molecule has 0 unspecified atom stereocenters. The van der Waals surface area contributed by atoms with E-state index in [1.54, 1.807) is 11.0 Å². The first-order chi connectivity index (χ1) is 17.4. The van der Waals surface area contributed by atoms with Crippen molar-refractivity contribution in [3.8, 4) is 16.9 Å². The average molecular weight is 510 g/mol. The molecule has 0 saturated carbocycles. The lowest BCUT2D eigenvalue weighted by Crippen LogP contribution is -2.39. The Labute approximate surface area is 207 Å². The zero-order valence-electron chi connectivity index (χ0n) is 18.6. The van der Waals surface area contributed by atoms with Gasteiger partial charge in [-0.25, -0.2) is 14.4 Å². The Hall–Kier alpha value is -4.19. The molecule has 0 radical (unpaired) electrons. The lowest BCUT2D eigenvalue weighted by atomic mass is 9.92. The number of nitrogens with one attached hydrogen (secondary N) is 1. The van der Waals surface area contributed by atoms with Crippen LogP contribution in [0.15, 0.2) is 42.9 Å². The number of aromatic nitrogens is 7. The lowest BCUT2D eigenvalue weighted by Gasteiger charge is -2.33. The van der Waals surface area contributed by atoms with Crippen LogP contribution in [-0.4, -0.2) is 52.0 Å². The highest BCUT2D eigenvalue weighted by Crippen LogP contribution is 2.44. The second kappa shape index (κ2) is 8.48. The summed E-state index contributed by atoms with van der Waals surface area (Å²) in [6.07, 6.45) is 6.02. The number of hydrogen-bond acceptors (Lipinski definition) is 7. The van der Waals surface area contributed by atoms with Crippen molar-refractivity contribution in [2.45, 2.75) is 31.3 Å². The van der Waals surface area contributed by atoms with E-state index in [0.29, 0.717) is 42.0 Å². The zero-order chi connectivity index (χ0) is 25.0. The number of hydrogen-bond donors (Lipinski definition) is 2. The number of nitrogen functional groups attached to an aromatic ring is 1. The number of imidazole rings is 1. The van der Waals surface area contributed by atoms with Crippen LogP contribution in [0.5, 0.6) is 0 Å². The second-order valence-corrected chi connectivity index (χ2v) is 9.04. The number of nitrogens with two attached hydrogens (primary N) is 1. The van der Waals surface area contributed by atoms with Gasteiger partial charge >= 0.3 is 0 Å². The fraction of sp³-hybridized carbons (Fsp3) is 0.217. The first kappa shape index (κ1) is 22.3. The molecule has 6 rings (SSSR count). The van der Waals surface area contributed by atoms with Gasteiger partial charge in [0.15, 0.2) is 5.82 Å². The SMILES string of the molecule is Nc1ccc(-c2cnc([C@@H]3CC[C@H]4CC(c5c(-n6cnnn6)ccc(Cl)c5F)=CC(=O)N43)[nH]2)c(F)n1. The van der Waals surface area contributed by atoms with E-state index in [1.165, 1.54) is 41.5 Å². The summed E-state index contributed by atoms with van der Waals surface area (Å²) in [5.74, 6) is -1.00. The van der Waals surface area contributed by atoms with Crippen LogP contribution in [0, 0.1) is 11.8 Å². The van der Waals surface area contributed by atoms with Gasteiger partial charge in [-0.3, -0.25) is 4.79 Å². The van der Waals surface area contributed by atoms with Crippen LogP contribution in [0.1, 0.15) is 36.7 Å². The minimum Gasteiger partial charge on any atom is -0.384 e. The normalized spacial score (nSPS) is 19.5. The summed E-state index contributed by atoms with van der Waals surface area (Å²) in [5.41, 5.74) is 7.30. The average Bonchev–Trinajstić information content (AvgIpc) is 3.61. The van der Waals surface area contributed by atoms with Gasteiger partial charge in [-0.2, -0.15) is 9.07 Å². The topological polar surface area (TPSA) is 132 Å². The van der Waals surface area contributed by atoms with Crippen molar-refractivity contribution in [3.63, 3.8) is 0 Å². The van der Waals surface area contributed by atoms with E-state index in [1.807, 2.05) is 0 Å². The maximum absolute atomic E-state index is 15.2. The van der Waals surface area contributed by atoms with Crippen molar-refractivity contribution in [1.82, 2.24) is 40.1 Å². The third-order valence-electron chi connectivity index (χ3n) is 6.57. The highest BCUT2D eigenvalue weighted by Gasteiger charge is 2.42. The smallest absolute Gasteiger partial charge is 0.247 e. The van der Waals surface area contributed by atoms with Crippen molar-refractivity contribution in [2.75, 3.05) is 5.73 Å². The zero-order valence-corrected chi connectivity index (χ0v) is 19.3. The minimum absolute atomic E-state index is 0.0607. The summed E-state index contributed by atoms with van der Waals surface area (Å²) < 4.78 is 30.9. The van der Waals surface area contributed by atoms with Crippen LogP contribution in [0.2, 0.25) is 5.02 Å². The van der Waals surface area contributed by atoms with E-state index in [9.17, 15) is 9.18 Å². The van der Waals surface area contributed by atoms with Gasteiger partial charge < -0.3 is 15.6 Å². The van der Waals surface area contributed by atoms with Crippen molar-refractivity contribution in [3.05, 3.63) is 71.0 Å². The molecule has 36 heavy (non-hydrogen) atoms. The number of anilines is 1. The number of halogens is 3. The standard InChI is InChI=1S/C23H18ClF2N9O/c24-14-3-5-16(34-10-29-32-33-34)20(21(14)25)11-7-12-1-4-17(35(12)19(36)8-11)23-28-9-15(30-23)13-2-6-18(27)31-22(13)26/h2-3,5-6,8-10,12,17H,1,4,7H2,(H2,27,31)(H,28,30)/t12-,17-/m0/s1. The van der Waals surface area contributed by atoms with Crippen LogP contribution in [0.25, 0.3) is 22.5 Å². The molecule has 3 N–H and O–H groups in total. The Balaban J connectivity index is 1.33. The Morgan fingerprint density at radius 2 is 2.03 bits per heavy atom. The third-order valence-corrected chi connectivity index (χ3v) is 6.86. The van der Waals surface area contributed by atoms with Crippen molar-refractivity contribution < 1.29 is 13.6 Å². The molecule has 1 fully saturated rings. The molecule has 5 heterocycles. The Bertz CT molecular complexity index is 1520. The summed E-state index contributed by atoms with van der Waals surface area (Å²) in [5, 5.41) is 11.0. The van der Waals surface area contributed by atoms with E-state index >= 15 is 4.39 Å². The number of pyridine rings is 1. The predicted octanol–water partition coefficient (Wildman–Crippen LogP) is 3.48. The van der Waals surface area contributed by atoms with Gasteiger partial charge in [0.25, 0.3) is 0 Å². The molecule has 10 nitrogen and oxygen atoms in total. The lowest BCUT2D eigenvalue weighted by molar-refractivity contribution is -0.129. The molecule has 0 bridgehead atoms. The monoisotopic (exact) mass is 509 g/mol. The van der Waals surface area contributed by atoms with Crippen LogP contribution >= 0.6 is 11.6 Å². The molecule has 1 saturated heterocycles. The molecule has 1 aromatic carbocycles. The predicted molar refractivity (Wildman–Crippen MR) is 126 cm³/mol. The summed E-state index contributed by atoms with van der Waals surface area (Å²) >= 11 is 6.08. The number of carbonyl (C=O) groups is 1. The first-order valence-electron chi connectivity index (χ1n) is 11.1. The molecule has 182 valence electrons. The van der Waals surface area contributed by atoms with Crippen molar-refractivity contribution >= 4 is 28.9 Å².